The molecule has 0 aromatic heterocycles. The second kappa shape index (κ2) is 4.55. The van der Waals surface area contributed by atoms with Gasteiger partial charge in [0.05, 0.1) is 19.6 Å². The third kappa shape index (κ3) is 2.17. The highest BCUT2D eigenvalue weighted by molar-refractivity contribution is 5.80. The van der Waals surface area contributed by atoms with Crippen LogP contribution in [0.1, 0.15) is 18.4 Å². The van der Waals surface area contributed by atoms with E-state index in [4.69, 9.17) is 0 Å². The number of carbonyl (C=O) groups excluding carboxylic acids is 1. The van der Waals surface area contributed by atoms with Crippen molar-refractivity contribution in [3.8, 4) is 5.75 Å². The monoisotopic (exact) mass is 256 g/mol. The number of hydrogen-bond acceptors (Lipinski definition) is 3. The van der Waals surface area contributed by atoms with E-state index in [0.29, 0.717) is 12.8 Å². The number of hydrogen-bond donors (Lipinski definition) is 0. The lowest BCUT2D eigenvalue weighted by molar-refractivity contribution is -0.147. The Morgan fingerprint density at radius 1 is 1.28 bits per heavy atom. The Labute approximate surface area is 104 Å². The molecule has 1 aliphatic carbocycles. The van der Waals surface area contributed by atoms with Gasteiger partial charge in [-0.15, -0.1) is 0 Å². The fraction of sp³-hybridized carbons (Fsp3) is 0.462. The summed E-state index contributed by atoms with van der Waals surface area (Å²) in [6.45, 7) is 0. The van der Waals surface area contributed by atoms with E-state index in [1.807, 2.05) is 0 Å². The van der Waals surface area contributed by atoms with E-state index in [1.54, 1.807) is 0 Å². The number of ether oxygens (including phenoxy) is 2. The molecule has 0 bridgehead atoms. The first-order valence-electron chi connectivity index (χ1n) is 5.63. The van der Waals surface area contributed by atoms with Gasteiger partial charge in [0.15, 0.2) is 11.6 Å². The standard InChI is InChI=1S/C13H14F2O3/c1-17-11-6-9(14)8(5-10(11)15)7-13(3-4-13)12(16)18-2/h5-6H,3-4,7H2,1-2H3. The normalized spacial score (nSPS) is 16.2. The molecule has 0 N–H and O–H groups in total. The van der Waals surface area contributed by atoms with Gasteiger partial charge in [0.2, 0.25) is 0 Å². The van der Waals surface area contributed by atoms with Crippen molar-refractivity contribution in [1.82, 2.24) is 0 Å². The maximum Gasteiger partial charge on any atom is 0.312 e. The molecule has 0 radical (unpaired) electrons. The summed E-state index contributed by atoms with van der Waals surface area (Å²) in [4.78, 5) is 11.6. The molecule has 0 saturated heterocycles. The van der Waals surface area contributed by atoms with E-state index in [2.05, 4.69) is 9.47 Å². The van der Waals surface area contributed by atoms with Crippen LogP contribution < -0.4 is 4.74 Å². The summed E-state index contributed by atoms with van der Waals surface area (Å²) in [6.07, 6.45) is 1.45. The van der Waals surface area contributed by atoms with Gasteiger partial charge >= 0.3 is 5.97 Å². The van der Waals surface area contributed by atoms with Crippen molar-refractivity contribution >= 4 is 5.97 Å². The van der Waals surface area contributed by atoms with Crippen molar-refractivity contribution in [2.24, 2.45) is 5.41 Å². The second-order valence-corrected chi connectivity index (χ2v) is 4.53. The fourth-order valence-corrected chi connectivity index (χ4v) is 2.05. The van der Waals surface area contributed by atoms with E-state index in [0.717, 1.165) is 12.1 Å². The molecule has 1 aliphatic rings. The molecule has 2 rings (SSSR count). The predicted molar refractivity (Wildman–Crippen MR) is 60.3 cm³/mol. The number of methoxy groups -OCH3 is 2. The van der Waals surface area contributed by atoms with Gasteiger partial charge < -0.3 is 9.47 Å². The highest BCUT2D eigenvalue weighted by atomic mass is 19.1. The molecule has 1 aromatic rings. The molecule has 0 aliphatic heterocycles. The molecule has 18 heavy (non-hydrogen) atoms. The molecule has 1 aromatic carbocycles. The summed E-state index contributed by atoms with van der Waals surface area (Å²) in [5.74, 6) is -1.70. The van der Waals surface area contributed by atoms with Crippen LogP contribution in [-0.2, 0) is 16.0 Å². The number of rotatable bonds is 4. The number of carbonyl (C=O) groups is 1. The number of benzene rings is 1. The molecule has 0 unspecified atom stereocenters. The smallest absolute Gasteiger partial charge is 0.312 e. The minimum atomic E-state index is -0.670. The Hall–Kier alpha value is -1.65. The first kappa shape index (κ1) is 12.8. The topological polar surface area (TPSA) is 35.5 Å². The first-order valence-corrected chi connectivity index (χ1v) is 5.63. The lowest BCUT2D eigenvalue weighted by Crippen LogP contribution is -2.20. The fourth-order valence-electron chi connectivity index (χ4n) is 2.05. The van der Waals surface area contributed by atoms with Crippen molar-refractivity contribution in [2.45, 2.75) is 19.3 Å². The SMILES string of the molecule is COC(=O)C1(Cc2cc(F)c(OC)cc2F)CC1. The second-order valence-electron chi connectivity index (χ2n) is 4.53. The van der Waals surface area contributed by atoms with Crippen LogP contribution in [0.25, 0.3) is 0 Å². The van der Waals surface area contributed by atoms with Crippen molar-refractivity contribution in [1.29, 1.82) is 0 Å². The molecule has 5 heteroatoms. The molecule has 98 valence electrons. The summed E-state index contributed by atoms with van der Waals surface area (Å²) in [5.41, 5.74) is -0.493. The van der Waals surface area contributed by atoms with Crippen LogP contribution in [0.15, 0.2) is 12.1 Å². The zero-order valence-electron chi connectivity index (χ0n) is 10.3. The average molecular weight is 256 g/mol. The molecule has 0 atom stereocenters. The summed E-state index contributed by atoms with van der Waals surface area (Å²) in [5, 5.41) is 0. The van der Waals surface area contributed by atoms with E-state index < -0.39 is 17.0 Å². The molecular formula is C13H14F2O3. The van der Waals surface area contributed by atoms with Crippen LogP contribution in [-0.4, -0.2) is 20.2 Å². The van der Waals surface area contributed by atoms with Gasteiger partial charge in [-0.05, 0) is 30.9 Å². The minimum absolute atomic E-state index is 0.140. The van der Waals surface area contributed by atoms with Gasteiger partial charge in [0, 0.05) is 6.07 Å². The van der Waals surface area contributed by atoms with Crippen molar-refractivity contribution in [3.05, 3.63) is 29.3 Å². The Kier molecular flexibility index (Phi) is 3.24. The molecule has 1 fully saturated rings. The summed E-state index contributed by atoms with van der Waals surface area (Å²) < 4.78 is 36.6. The van der Waals surface area contributed by atoms with Crippen LogP contribution in [0, 0.1) is 17.0 Å². The van der Waals surface area contributed by atoms with Crippen LogP contribution in [0.5, 0.6) is 5.75 Å². The molecule has 1 saturated carbocycles. The molecule has 3 nitrogen and oxygen atoms in total. The van der Waals surface area contributed by atoms with Crippen molar-refractivity contribution in [3.63, 3.8) is 0 Å². The Bertz CT molecular complexity index is 481. The van der Waals surface area contributed by atoms with Gasteiger partial charge in [0.25, 0.3) is 0 Å². The van der Waals surface area contributed by atoms with Crippen LogP contribution in [0.2, 0.25) is 0 Å². The van der Waals surface area contributed by atoms with Crippen LogP contribution in [0.4, 0.5) is 8.78 Å². The van der Waals surface area contributed by atoms with Gasteiger partial charge in [0.1, 0.15) is 5.82 Å². The quantitative estimate of drug-likeness (QED) is 0.776. The lowest BCUT2D eigenvalue weighted by atomic mass is 9.96. The van der Waals surface area contributed by atoms with E-state index >= 15 is 0 Å². The van der Waals surface area contributed by atoms with Crippen LogP contribution in [0.3, 0.4) is 0 Å². The molecule has 0 heterocycles. The Balaban J connectivity index is 2.25. The minimum Gasteiger partial charge on any atom is -0.494 e. The zero-order valence-corrected chi connectivity index (χ0v) is 10.3. The summed E-state index contributed by atoms with van der Waals surface area (Å²) in [7, 11) is 2.57. The summed E-state index contributed by atoms with van der Waals surface area (Å²) >= 11 is 0. The largest absolute Gasteiger partial charge is 0.494 e. The third-order valence-corrected chi connectivity index (χ3v) is 3.32. The van der Waals surface area contributed by atoms with E-state index in [1.165, 1.54) is 14.2 Å². The molecule has 0 amide bonds. The predicted octanol–water partition coefficient (Wildman–Crippen LogP) is 2.47. The van der Waals surface area contributed by atoms with Gasteiger partial charge in [-0.3, -0.25) is 4.79 Å². The molecule has 0 spiro atoms. The average Bonchev–Trinajstić information content (AvgIpc) is 3.13. The number of halogens is 2. The lowest BCUT2D eigenvalue weighted by Gasteiger charge is -2.13. The Morgan fingerprint density at radius 2 is 1.94 bits per heavy atom. The van der Waals surface area contributed by atoms with Crippen molar-refractivity contribution < 1.29 is 23.0 Å². The highest BCUT2D eigenvalue weighted by Crippen LogP contribution is 2.49. The third-order valence-electron chi connectivity index (χ3n) is 3.32. The molecular weight excluding hydrogens is 242 g/mol. The van der Waals surface area contributed by atoms with Crippen molar-refractivity contribution in [2.75, 3.05) is 14.2 Å². The zero-order chi connectivity index (χ0) is 13.3. The Morgan fingerprint density at radius 3 is 2.44 bits per heavy atom. The summed E-state index contributed by atoms with van der Waals surface area (Å²) in [6, 6.07) is 2.08. The first-order chi connectivity index (χ1) is 8.52. The van der Waals surface area contributed by atoms with Gasteiger partial charge in [-0.2, -0.15) is 0 Å². The van der Waals surface area contributed by atoms with E-state index in [9.17, 15) is 13.6 Å². The maximum atomic E-state index is 13.7. The highest BCUT2D eigenvalue weighted by Gasteiger charge is 2.51. The van der Waals surface area contributed by atoms with Crippen LogP contribution >= 0.6 is 0 Å². The number of esters is 1. The van der Waals surface area contributed by atoms with Gasteiger partial charge in [-0.25, -0.2) is 8.78 Å². The van der Waals surface area contributed by atoms with Gasteiger partial charge in [-0.1, -0.05) is 0 Å². The van der Waals surface area contributed by atoms with E-state index in [-0.39, 0.29) is 23.7 Å². The maximum absolute atomic E-state index is 13.7.